The Bertz CT molecular complexity index is 336. The highest BCUT2D eigenvalue weighted by atomic mass is 79.9. The zero-order chi connectivity index (χ0) is 10.1. The molecule has 14 heavy (non-hydrogen) atoms. The quantitative estimate of drug-likeness (QED) is 0.873. The molecule has 0 bridgehead atoms. The summed E-state index contributed by atoms with van der Waals surface area (Å²) in [5.74, 6) is 1.09. The van der Waals surface area contributed by atoms with Gasteiger partial charge in [0.05, 0.1) is 0 Å². The number of rotatable bonds is 3. The summed E-state index contributed by atoms with van der Waals surface area (Å²) < 4.78 is 0.969. The summed E-state index contributed by atoms with van der Waals surface area (Å²) in [6, 6.07) is 5.39. The minimum atomic E-state index is -0.0278. The van der Waals surface area contributed by atoms with Gasteiger partial charge in [-0.1, -0.05) is 28.8 Å². The molecule has 2 rings (SSSR count). The summed E-state index contributed by atoms with van der Waals surface area (Å²) in [7, 11) is 0. The molecule has 1 aliphatic carbocycles. The Labute approximate surface area is 92.3 Å². The van der Waals surface area contributed by atoms with Gasteiger partial charge in [0, 0.05) is 16.1 Å². The smallest absolute Gasteiger partial charge is 0.120 e. The van der Waals surface area contributed by atoms with Crippen LogP contribution in [0, 0.1) is 5.92 Å². The number of hydrogen-bond acceptors (Lipinski definition) is 2. The molecular weight excluding hydrogens is 242 g/mol. The number of phenolic OH excluding ortho intramolecular Hbond substituents is 1. The summed E-state index contributed by atoms with van der Waals surface area (Å²) in [5, 5.41) is 9.64. The summed E-state index contributed by atoms with van der Waals surface area (Å²) in [6.45, 7) is 0. The van der Waals surface area contributed by atoms with E-state index in [2.05, 4.69) is 15.9 Å². The Balaban J connectivity index is 2.15. The van der Waals surface area contributed by atoms with Crippen molar-refractivity contribution in [3.8, 4) is 5.75 Å². The van der Waals surface area contributed by atoms with Gasteiger partial charge in [-0.3, -0.25) is 0 Å². The molecule has 1 aromatic rings. The lowest BCUT2D eigenvalue weighted by molar-refractivity contribution is 0.455. The first-order valence-electron chi connectivity index (χ1n) is 4.91. The fourth-order valence-electron chi connectivity index (χ4n) is 1.66. The minimum Gasteiger partial charge on any atom is -0.508 e. The molecule has 1 saturated carbocycles. The molecule has 0 amide bonds. The van der Waals surface area contributed by atoms with Crippen LogP contribution in [-0.2, 0) is 0 Å². The molecule has 1 aromatic carbocycles. The molecule has 1 aliphatic rings. The zero-order valence-corrected chi connectivity index (χ0v) is 9.50. The second-order valence-corrected chi connectivity index (χ2v) is 4.90. The van der Waals surface area contributed by atoms with Crippen LogP contribution in [0.25, 0.3) is 0 Å². The van der Waals surface area contributed by atoms with Crippen LogP contribution in [0.1, 0.15) is 30.9 Å². The van der Waals surface area contributed by atoms with E-state index in [0.29, 0.717) is 5.75 Å². The van der Waals surface area contributed by atoms with E-state index in [9.17, 15) is 5.11 Å². The summed E-state index contributed by atoms with van der Waals surface area (Å²) in [5.41, 5.74) is 6.88. The second kappa shape index (κ2) is 3.91. The molecule has 3 heteroatoms. The Morgan fingerprint density at radius 2 is 2.21 bits per heavy atom. The first kappa shape index (κ1) is 9.99. The van der Waals surface area contributed by atoms with E-state index in [0.717, 1.165) is 22.4 Å². The molecule has 0 aromatic heterocycles. The highest BCUT2D eigenvalue weighted by Crippen LogP contribution is 2.38. The number of aromatic hydroxyl groups is 1. The third-order valence-electron chi connectivity index (χ3n) is 2.67. The Morgan fingerprint density at radius 1 is 1.50 bits per heavy atom. The molecular formula is C11H14BrNO. The van der Waals surface area contributed by atoms with Crippen molar-refractivity contribution in [2.45, 2.75) is 25.3 Å². The number of hydrogen-bond donors (Lipinski definition) is 2. The summed E-state index contributed by atoms with van der Waals surface area (Å²) >= 11 is 3.38. The number of halogens is 1. The molecule has 0 aliphatic heterocycles. The average molecular weight is 256 g/mol. The van der Waals surface area contributed by atoms with Crippen LogP contribution >= 0.6 is 15.9 Å². The standard InChI is InChI=1S/C11H14BrNO/c12-8-3-4-11(14)9(6-8)10(13)5-7-1-2-7/h3-4,6-7,10,14H,1-2,5,13H2. The number of nitrogens with two attached hydrogens (primary N) is 1. The van der Waals surface area contributed by atoms with Gasteiger partial charge < -0.3 is 10.8 Å². The fourth-order valence-corrected chi connectivity index (χ4v) is 2.04. The molecule has 3 N–H and O–H groups in total. The molecule has 0 heterocycles. The van der Waals surface area contributed by atoms with Crippen molar-refractivity contribution in [2.24, 2.45) is 11.7 Å². The largest absolute Gasteiger partial charge is 0.508 e. The van der Waals surface area contributed by atoms with Crippen LogP contribution in [0.5, 0.6) is 5.75 Å². The van der Waals surface area contributed by atoms with E-state index in [1.807, 2.05) is 12.1 Å². The molecule has 1 unspecified atom stereocenters. The van der Waals surface area contributed by atoms with Crippen LogP contribution < -0.4 is 5.73 Å². The van der Waals surface area contributed by atoms with E-state index in [4.69, 9.17) is 5.73 Å². The van der Waals surface area contributed by atoms with Gasteiger partial charge in [0.25, 0.3) is 0 Å². The highest BCUT2D eigenvalue weighted by molar-refractivity contribution is 9.10. The Hall–Kier alpha value is -0.540. The van der Waals surface area contributed by atoms with Gasteiger partial charge >= 0.3 is 0 Å². The zero-order valence-electron chi connectivity index (χ0n) is 7.91. The van der Waals surface area contributed by atoms with Crippen molar-refractivity contribution in [1.29, 1.82) is 0 Å². The number of benzene rings is 1. The molecule has 0 radical (unpaired) electrons. The van der Waals surface area contributed by atoms with Gasteiger partial charge in [0.15, 0.2) is 0 Å². The van der Waals surface area contributed by atoms with Crippen LogP contribution in [0.4, 0.5) is 0 Å². The molecule has 1 atom stereocenters. The molecule has 2 nitrogen and oxygen atoms in total. The highest BCUT2D eigenvalue weighted by Gasteiger charge is 2.25. The lowest BCUT2D eigenvalue weighted by Crippen LogP contribution is -2.11. The fraction of sp³-hybridized carbons (Fsp3) is 0.455. The summed E-state index contributed by atoms with van der Waals surface area (Å²) in [6.07, 6.45) is 3.58. The monoisotopic (exact) mass is 255 g/mol. The van der Waals surface area contributed by atoms with Gasteiger partial charge in [-0.2, -0.15) is 0 Å². The first-order valence-corrected chi connectivity index (χ1v) is 5.70. The maximum Gasteiger partial charge on any atom is 0.120 e. The van der Waals surface area contributed by atoms with E-state index < -0.39 is 0 Å². The molecule has 0 spiro atoms. The predicted octanol–water partition coefficient (Wildman–Crippen LogP) is 2.95. The lowest BCUT2D eigenvalue weighted by Gasteiger charge is -2.13. The average Bonchev–Trinajstić information content (AvgIpc) is 2.93. The molecule has 0 saturated heterocycles. The van der Waals surface area contributed by atoms with Gasteiger partial charge in [-0.05, 0) is 30.5 Å². The third-order valence-corrected chi connectivity index (χ3v) is 3.17. The topological polar surface area (TPSA) is 46.2 Å². The van der Waals surface area contributed by atoms with Gasteiger partial charge in [-0.15, -0.1) is 0 Å². The van der Waals surface area contributed by atoms with Crippen molar-refractivity contribution in [1.82, 2.24) is 0 Å². The number of phenols is 1. The SMILES string of the molecule is NC(CC1CC1)c1cc(Br)ccc1O. The van der Waals surface area contributed by atoms with E-state index >= 15 is 0 Å². The van der Waals surface area contributed by atoms with Crippen molar-refractivity contribution in [3.63, 3.8) is 0 Å². The van der Waals surface area contributed by atoms with E-state index in [-0.39, 0.29) is 6.04 Å². The van der Waals surface area contributed by atoms with Crippen molar-refractivity contribution in [2.75, 3.05) is 0 Å². The predicted molar refractivity (Wildman–Crippen MR) is 60.1 cm³/mol. The summed E-state index contributed by atoms with van der Waals surface area (Å²) in [4.78, 5) is 0. The van der Waals surface area contributed by atoms with Crippen LogP contribution in [-0.4, -0.2) is 5.11 Å². The van der Waals surface area contributed by atoms with E-state index in [1.165, 1.54) is 12.8 Å². The maximum atomic E-state index is 9.64. The normalized spacial score (nSPS) is 18.1. The van der Waals surface area contributed by atoms with Gasteiger partial charge in [0.2, 0.25) is 0 Å². The van der Waals surface area contributed by atoms with Gasteiger partial charge in [-0.25, -0.2) is 0 Å². The third kappa shape index (κ3) is 2.28. The van der Waals surface area contributed by atoms with Crippen molar-refractivity contribution < 1.29 is 5.11 Å². The Morgan fingerprint density at radius 3 is 2.86 bits per heavy atom. The lowest BCUT2D eigenvalue weighted by atomic mass is 10.0. The van der Waals surface area contributed by atoms with Crippen molar-refractivity contribution >= 4 is 15.9 Å². The Kier molecular flexibility index (Phi) is 2.79. The van der Waals surface area contributed by atoms with Crippen LogP contribution in [0.3, 0.4) is 0 Å². The minimum absolute atomic E-state index is 0.0278. The van der Waals surface area contributed by atoms with E-state index in [1.54, 1.807) is 6.07 Å². The van der Waals surface area contributed by atoms with Crippen LogP contribution in [0.2, 0.25) is 0 Å². The van der Waals surface area contributed by atoms with Gasteiger partial charge in [0.1, 0.15) is 5.75 Å². The second-order valence-electron chi connectivity index (χ2n) is 3.99. The molecule has 1 fully saturated rings. The first-order chi connectivity index (χ1) is 6.66. The van der Waals surface area contributed by atoms with Crippen molar-refractivity contribution in [3.05, 3.63) is 28.2 Å². The maximum absolute atomic E-state index is 9.64. The van der Waals surface area contributed by atoms with Crippen LogP contribution in [0.15, 0.2) is 22.7 Å². The molecule has 76 valence electrons.